The molecule has 0 spiro atoms. The molecule has 1 unspecified atom stereocenters. The van der Waals surface area contributed by atoms with Crippen molar-refractivity contribution in [1.29, 1.82) is 0 Å². The molecule has 1 fully saturated rings. The molecule has 1 aromatic carbocycles. The standard InChI is InChI=1S/C21H31F3O2/c1-3-5-7-11-19-17(15-20(26-19)25-12-6-4-2)13-16-9-8-10-18(14-16)21(22,23)24/h8-10,14,17,19-20H,3-7,11-13,15H2,1-2H3/t17-,19+,20?/m0/s1. The van der Waals surface area contributed by atoms with E-state index in [1.54, 1.807) is 6.07 Å². The molecule has 2 nitrogen and oxygen atoms in total. The lowest BCUT2D eigenvalue weighted by atomic mass is 9.89. The molecule has 2 rings (SSSR count). The predicted octanol–water partition coefficient (Wildman–Crippen LogP) is 6.38. The molecule has 148 valence electrons. The fourth-order valence-electron chi connectivity index (χ4n) is 3.52. The average molecular weight is 372 g/mol. The first-order valence-electron chi connectivity index (χ1n) is 9.87. The fourth-order valence-corrected chi connectivity index (χ4v) is 3.52. The summed E-state index contributed by atoms with van der Waals surface area (Å²) in [4.78, 5) is 0. The van der Waals surface area contributed by atoms with Crippen molar-refractivity contribution in [3.8, 4) is 0 Å². The maximum Gasteiger partial charge on any atom is 0.416 e. The van der Waals surface area contributed by atoms with Crippen molar-refractivity contribution in [2.75, 3.05) is 6.61 Å². The van der Waals surface area contributed by atoms with Crippen LogP contribution in [0, 0.1) is 5.92 Å². The third-order valence-electron chi connectivity index (χ3n) is 4.99. The largest absolute Gasteiger partial charge is 0.416 e. The monoisotopic (exact) mass is 372 g/mol. The van der Waals surface area contributed by atoms with Gasteiger partial charge in [0, 0.05) is 13.0 Å². The van der Waals surface area contributed by atoms with Gasteiger partial charge in [-0.1, -0.05) is 57.7 Å². The zero-order chi connectivity index (χ0) is 19.0. The zero-order valence-corrected chi connectivity index (χ0v) is 15.9. The van der Waals surface area contributed by atoms with Crippen molar-refractivity contribution >= 4 is 0 Å². The van der Waals surface area contributed by atoms with Gasteiger partial charge < -0.3 is 9.47 Å². The molecule has 0 amide bonds. The molecule has 1 saturated heterocycles. The smallest absolute Gasteiger partial charge is 0.353 e. The number of unbranched alkanes of at least 4 members (excludes halogenated alkanes) is 3. The summed E-state index contributed by atoms with van der Waals surface area (Å²) in [6, 6.07) is 5.68. The highest BCUT2D eigenvalue weighted by atomic mass is 19.4. The third kappa shape index (κ3) is 6.58. The average Bonchev–Trinajstić information content (AvgIpc) is 2.97. The SMILES string of the molecule is CCCCC[C@H]1OC(OCCCC)C[C@@H]1Cc1cccc(C(F)(F)F)c1. The van der Waals surface area contributed by atoms with Crippen molar-refractivity contribution in [3.63, 3.8) is 0 Å². The quantitative estimate of drug-likeness (QED) is 0.444. The molecule has 1 heterocycles. The second-order valence-corrected chi connectivity index (χ2v) is 7.22. The van der Waals surface area contributed by atoms with Crippen LogP contribution in [-0.2, 0) is 22.1 Å². The minimum atomic E-state index is -4.30. The molecule has 0 N–H and O–H groups in total. The zero-order valence-electron chi connectivity index (χ0n) is 15.9. The lowest BCUT2D eigenvalue weighted by Gasteiger charge is -2.19. The van der Waals surface area contributed by atoms with Gasteiger partial charge in [0.15, 0.2) is 6.29 Å². The molecule has 1 aromatic rings. The molecule has 1 aliphatic heterocycles. The Balaban J connectivity index is 2.00. The Morgan fingerprint density at radius 2 is 1.88 bits per heavy atom. The van der Waals surface area contributed by atoms with Crippen LogP contribution in [0.3, 0.4) is 0 Å². The number of rotatable bonds is 10. The topological polar surface area (TPSA) is 18.5 Å². The van der Waals surface area contributed by atoms with Gasteiger partial charge in [0.25, 0.3) is 0 Å². The highest BCUT2D eigenvalue weighted by Crippen LogP contribution is 2.35. The highest BCUT2D eigenvalue weighted by Gasteiger charge is 2.36. The summed E-state index contributed by atoms with van der Waals surface area (Å²) in [6.07, 6.45) is 3.32. The van der Waals surface area contributed by atoms with Crippen LogP contribution in [0.25, 0.3) is 0 Å². The summed E-state index contributed by atoms with van der Waals surface area (Å²) in [5.41, 5.74) is 0.148. The maximum atomic E-state index is 13.0. The number of benzene rings is 1. The van der Waals surface area contributed by atoms with Crippen LogP contribution in [0.1, 0.15) is 69.9 Å². The predicted molar refractivity (Wildman–Crippen MR) is 96.9 cm³/mol. The minimum Gasteiger partial charge on any atom is -0.353 e. The molecule has 3 atom stereocenters. The van der Waals surface area contributed by atoms with Crippen molar-refractivity contribution < 1.29 is 22.6 Å². The molecule has 0 aliphatic carbocycles. The van der Waals surface area contributed by atoms with Crippen LogP contribution in [0.2, 0.25) is 0 Å². The Hall–Kier alpha value is -1.07. The number of halogens is 3. The lowest BCUT2D eigenvalue weighted by Crippen LogP contribution is -2.19. The molecular weight excluding hydrogens is 341 g/mol. The number of alkyl halides is 3. The van der Waals surface area contributed by atoms with Crippen LogP contribution in [0.15, 0.2) is 24.3 Å². The van der Waals surface area contributed by atoms with Gasteiger partial charge in [-0.2, -0.15) is 13.2 Å². The van der Waals surface area contributed by atoms with Gasteiger partial charge in [-0.15, -0.1) is 0 Å². The molecule has 0 radical (unpaired) electrons. The molecule has 1 aliphatic rings. The van der Waals surface area contributed by atoms with E-state index in [-0.39, 0.29) is 18.3 Å². The molecule has 5 heteroatoms. The second kappa shape index (κ2) is 10.3. The Morgan fingerprint density at radius 1 is 1.12 bits per heavy atom. The van der Waals surface area contributed by atoms with Crippen molar-refractivity contribution in [1.82, 2.24) is 0 Å². The van der Waals surface area contributed by atoms with Gasteiger partial charge in [-0.3, -0.25) is 0 Å². The van der Waals surface area contributed by atoms with Crippen molar-refractivity contribution in [3.05, 3.63) is 35.4 Å². The van der Waals surface area contributed by atoms with E-state index >= 15 is 0 Å². The normalized spacial score (nSPS) is 23.5. The van der Waals surface area contributed by atoms with Crippen molar-refractivity contribution in [2.24, 2.45) is 5.92 Å². The lowest BCUT2D eigenvalue weighted by molar-refractivity contribution is -0.137. The van der Waals surface area contributed by atoms with Crippen LogP contribution >= 0.6 is 0 Å². The molecule has 0 aromatic heterocycles. The first-order valence-corrected chi connectivity index (χ1v) is 9.87. The Kier molecular flexibility index (Phi) is 8.42. The van der Waals surface area contributed by atoms with E-state index in [4.69, 9.17) is 9.47 Å². The Morgan fingerprint density at radius 3 is 2.58 bits per heavy atom. The number of hydrogen-bond acceptors (Lipinski definition) is 2. The summed E-state index contributed by atoms with van der Waals surface area (Å²) >= 11 is 0. The molecule has 0 bridgehead atoms. The number of hydrogen-bond donors (Lipinski definition) is 0. The summed E-state index contributed by atoms with van der Waals surface area (Å²) < 4.78 is 50.8. The summed E-state index contributed by atoms with van der Waals surface area (Å²) in [6.45, 7) is 4.95. The molecule has 0 saturated carbocycles. The maximum absolute atomic E-state index is 13.0. The van der Waals surface area contributed by atoms with E-state index < -0.39 is 11.7 Å². The highest BCUT2D eigenvalue weighted by molar-refractivity contribution is 5.26. The van der Waals surface area contributed by atoms with E-state index in [0.717, 1.165) is 56.6 Å². The second-order valence-electron chi connectivity index (χ2n) is 7.22. The van der Waals surface area contributed by atoms with Gasteiger partial charge in [-0.05, 0) is 36.8 Å². The molecular formula is C21H31F3O2. The third-order valence-corrected chi connectivity index (χ3v) is 4.99. The van der Waals surface area contributed by atoms with Crippen LogP contribution in [0.4, 0.5) is 13.2 Å². The Bertz CT molecular complexity index is 530. The van der Waals surface area contributed by atoms with Crippen LogP contribution in [0.5, 0.6) is 0 Å². The summed E-state index contributed by atoms with van der Waals surface area (Å²) in [5, 5.41) is 0. The first-order chi connectivity index (χ1) is 12.4. The summed E-state index contributed by atoms with van der Waals surface area (Å²) in [5.74, 6) is 0.210. The van der Waals surface area contributed by atoms with Gasteiger partial charge in [0.05, 0.1) is 11.7 Å². The fraction of sp³-hybridized carbons (Fsp3) is 0.714. The Labute approximate surface area is 155 Å². The van der Waals surface area contributed by atoms with E-state index in [1.165, 1.54) is 12.1 Å². The van der Waals surface area contributed by atoms with E-state index in [9.17, 15) is 13.2 Å². The van der Waals surface area contributed by atoms with Gasteiger partial charge in [0.2, 0.25) is 0 Å². The van der Waals surface area contributed by atoms with Crippen LogP contribution < -0.4 is 0 Å². The molecule has 26 heavy (non-hydrogen) atoms. The number of ether oxygens (including phenoxy) is 2. The van der Waals surface area contributed by atoms with Gasteiger partial charge in [-0.25, -0.2) is 0 Å². The first kappa shape index (κ1) is 21.2. The van der Waals surface area contributed by atoms with Gasteiger partial charge >= 0.3 is 6.18 Å². The minimum absolute atomic E-state index is 0.0720. The van der Waals surface area contributed by atoms with E-state index in [1.807, 2.05) is 0 Å². The van der Waals surface area contributed by atoms with Crippen LogP contribution in [-0.4, -0.2) is 19.0 Å². The summed E-state index contributed by atoms with van der Waals surface area (Å²) in [7, 11) is 0. The van der Waals surface area contributed by atoms with E-state index in [0.29, 0.717) is 13.0 Å². The van der Waals surface area contributed by atoms with E-state index in [2.05, 4.69) is 13.8 Å². The van der Waals surface area contributed by atoms with Crippen molar-refractivity contribution in [2.45, 2.75) is 83.8 Å². The van der Waals surface area contributed by atoms with Gasteiger partial charge in [0.1, 0.15) is 0 Å².